The van der Waals surface area contributed by atoms with Crippen molar-refractivity contribution in [2.24, 2.45) is 0 Å². The van der Waals surface area contributed by atoms with Crippen molar-refractivity contribution in [1.82, 2.24) is 14.7 Å². The third kappa shape index (κ3) is 5.47. The van der Waals surface area contributed by atoms with Gasteiger partial charge >= 0.3 is 0 Å². The number of anilines is 1. The number of hydrogen-bond donors (Lipinski definition) is 1. The van der Waals surface area contributed by atoms with Crippen molar-refractivity contribution in [3.63, 3.8) is 0 Å². The summed E-state index contributed by atoms with van der Waals surface area (Å²) in [6.07, 6.45) is 0.837. The average molecular weight is 368 g/mol. The van der Waals surface area contributed by atoms with Gasteiger partial charge < -0.3 is 10.2 Å². The fourth-order valence-corrected chi connectivity index (χ4v) is 2.86. The second-order valence-electron chi connectivity index (χ2n) is 6.74. The van der Waals surface area contributed by atoms with E-state index in [0.29, 0.717) is 26.2 Å². The Labute approximate surface area is 152 Å². The number of carbonyl (C=O) groups is 2. The standard InChI is InChI=1S/C18H26F2N4O2/c1-13(18(26)21-16-6-5-14(19)11-15(16)20)24-8-4-7-23(9-10-24)12-17(25)22(2)3/h5-6,11,13H,4,7-10,12H2,1-3H3,(H,21,26). The van der Waals surface area contributed by atoms with Crippen molar-refractivity contribution in [2.75, 3.05) is 52.1 Å². The quantitative estimate of drug-likeness (QED) is 0.853. The minimum atomic E-state index is -0.796. The van der Waals surface area contributed by atoms with Gasteiger partial charge in [0, 0.05) is 39.8 Å². The van der Waals surface area contributed by atoms with Crippen LogP contribution in [0.4, 0.5) is 14.5 Å². The number of hydrogen-bond acceptors (Lipinski definition) is 4. The molecule has 1 aliphatic heterocycles. The topological polar surface area (TPSA) is 55.9 Å². The highest BCUT2D eigenvalue weighted by Crippen LogP contribution is 2.16. The van der Waals surface area contributed by atoms with Gasteiger partial charge in [-0.2, -0.15) is 0 Å². The Morgan fingerprint density at radius 1 is 1.19 bits per heavy atom. The van der Waals surface area contributed by atoms with Gasteiger partial charge in [-0.3, -0.25) is 19.4 Å². The molecule has 6 nitrogen and oxygen atoms in total. The molecule has 0 aliphatic carbocycles. The van der Waals surface area contributed by atoms with Crippen LogP contribution in [0.2, 0.25) is 0 Å². The highest BCUT2D eigenvalue weighted by atomic mass is 19.1. The van der Waals surface area contributed by atoms with E-state index in [-0.39, 0.29) is 17.5 Å². The van der Waals surface area contributed by atoms with E-state index >= 15 is 0 Å². The van der Waals surface area contributed by atoms with E-state index in [1.807, 2.05) is 4.90 Å². The molecule has 0 saturated carbocycles. The summed E-state index contributed by atoms with van der Waals surface area (Å²) >= 11 is 0. The molecule has 2 rings (SSSR count). The fourth-order valence-electron chi connectivity index (χ4n) is 2.86. The summed E-state index contributed by atoms with van der Waals surface area (Å²) in [4.78, 5) is 29.9. The third-order valence-corrected chi connectivity index (χ3v) is 4.60. The van der Waals surface area contributed by atoms with Crippen molar-refractivity contribution in [3.05, 3.63) is 29.8 Å². The first-order valence-corrected chi connectivity index (χ1v) is 8.70. The average Bonchev–Trinajstić information content (AvgIpc) is 2.82. The first kappa shape index (κ1) is 20.3. The number of likely N-dealkylation sites (N-methyl/N-ethyl adjacent to an activating group) is 1. The van der Waals surface area contributed by atoms with E-state index in [9.17, 15) is 18.4 Å². The second-order valence-corrected chi connectivity index (χ2v) is 6.74. The fraction of sp³-hybridized carbons (Fsp3) is 0.556. The molecule has 1 heterocycles. The molecule has 144 valence electrons. The Balaban J connectivity index is 1.91. The van der Waals surface area contributed by atoms with Crippen LogP contribution in [0.5, 0.6) is 0 Å². The summed E-state index contributed by atoms with van der Waals surface area (Å²) in [5.74, 6) is -1.77. The first-order valence-electron chi connectivity index (χ1n) is 8.70. The van der Waals surface area contributed by atoms with Crippen LogP contribution >= 0.6 is 0 Å². The van der Waals surface area contributed by atoms with E-state index in [2.05, 4.69) is 10.2 Å². The summed E-state index contributed by atoms with van der Waals surface area (Å²) in [6, 6.07) is 2.61. The molecule has 0 bridgehead atoms. The van der Waals surface area contributed by atoms with E-state index < -0.39 is 17.7 Å². The molecular weight excluding hydrogens is 342 g/mol. The number of rotatable bonds is 5. The second kappa shape index (κ2) is 9.05. The molecule has 8 heteroatoms. The van der Waals surface area contributed by atoms with Gasteiger partial charge in [-0.15, -0.1) is 0 Å². The lowest BCUT2D eigenvalue weighted by molar-refractivity contribution is -0.130. The highest BCUT2D eigenvalue weighted by Gasteiger charge is 2.25. The van der Waals surface area contributed by atoms with E-state index in [1.54, 1.807) is 25.9 Å². The maximum absolute atomic E-state index is 13.7. The Kier molecular flexibility index (Phi) is 7.05. The molecule has 1 fully saturated rings. The summed E-state index contributed by atoms with van der Waals surface area (Å²) in [5, 5.41) is 2.52. The molecular formula is C18H26F2N4O2. The van der Waals surface area contributed by atoms with Gasteiger partial charge in [-0.25, -0.2) is 8.78 Å². The monoisotopic (exact) mass is 368 g/mol. The van der Waals surface area contributed by atoms with E-state index in [1.165, 1.54) is 6.07 Å². The van der Waals surface area contributed by atoms with Crippen LogP contribution in [0.15, 0.2) is 18.2 Å². The maximum Gasteiger partial charge on any atom is 0.241 e. The summed E-state index contributed by atoms with van der Waals surface area (Å²) in [7, 11) is 3.46. The minimum absolute atomic E-state index is 0.0312. The molecule has 0 spiro atoms. The summed E-state index contributed by atoms with van der Waals surface area (Å²) in [5.41, 5.74) is -0.0312. The van der Waals surface area contributed by atoms with Gasteiger partial charge in [0.25, 0.3) is 0 Å². The highest BCUT2D eigenvalue weighted by molar-refractivity contribution is 5.94. The Bertz CT molecular complexity index is 654. The van der Waals surface area contributed by atoms with Gasteiger partial charge in [-0.1, -0.05) is 0 Å². The van der Waals surface area contributed by atoms with Crippen molar-refractivity contribution in [1.29, 1.82) is 0 Å². The molecule has 1 aromatic rings. The van der Waals surface area contributed by atoms with Crippen LogP contribution in [0.3, 0.4) is 0 Å². The smallest absolute Gasteiger partial charge is 0.241 e. The van der Waals surface area contributed by atoms with E-state index in [0.717, 1.165) is 25.1 Å². The predicted molar refractivity (Wildman–Crippen MR) is 95.8 cm³/mol. The van der Waals surface area contributed by atoms with Crippen molar-refractivity contribution >= 4 is 17.5 Å². The minimum Gasteiger partial charge on any atom is -0.348 e. The van der Waals surface area contributed by atoms with Crippen molar-refractivity contribution in [2.45, 2.75) is 19.4 Å². The van der Waals surface area contributed by atoms with Crippen LogP contribution in [-0.4, -0.2) is 79.4 Å². The van der Waals surface area contributed by atoms with Gasteiger partial charge in [0.2, 0.25) is 11.8 Å². The Morgan fingerprint density at radius 3 is 2.58 bits per heavy atom. The Hall–Kier alpha value is -2.06. The molecule has 0 aromatic heterocycles. The van der Waals surface area contributed by atoms with Crippen LogP contribution in [0.25, 0.3) is 0 Å². The largest absolute Gasteiger partial charge is 0.348 e. The molecule has 1 aromatic carbocycles. The lowest BCUT2D eigenvalue weighted by atomic mass is 10.2. The number of amides is 2. The maximum atomic E-state index is 13.7. The third-order valence-electron chi connectivity index (χ3n) is 4.60. The van der Waals surface area contributed by atoms with Gasteiger partial charge in [-0.05, 0) is 32.0 Å². The number of nitrogens with zero attached hydrogens (tertiary/aromatic N) is 3. The van der Waals surface area contributed by atoms with Crippen LogP contribution in [0.1, 0.15) is 13.3 Å². The van der Waals surface area contributed by atoms with Crippen molar-refractivity contribution < 1.29 is 18.4 Å². The molecule has 1 N–H and O–H groups in total. The molecule has 1 aliphatic rings. The van der Waals surface area contributed by atoms with Gasteiger partial charge in [0.05, 0.1) is 18.3 Å². The zero-order valence-corrected chi connectivity index (χ0v) is 15.5. The Morgan fingerprint density at radius 2 is 1.92 bits per heavy atom. The van der Waals surface area contributed by atoms with Crippen LogP contribution in [-0.2, 0) is 9.59 Å². The molecule has 1 unspecified atom stereocenters. The lowest BCUT2D eigenvalue weighted by Crippen LogP contribution is -2.44. The van der Waals surface area contributed by atoms with Gasteiger partial charge in [0.15, 0.2) is 0 Å². The normalized spacial score (nSPS) is 17.4. The number of benzene rings is 1. The summed E-state index contributed by atoms with van der Waals surface area (Å²) < 4.78 is 26.7. The molecule has 26 heavy (non-hydrogen) atoms. The lowest BCUT2D eigenvalue weighted by Gasteiger charge is -2.27. The van der Waals surface area contributed by atoms with Crippen molar-refractivity contribution in [3.8, 4) is 0 Å². The SMILES string of the molecule is CC(C(=O)Nc1ccc(F)cc1F)N1CCCN(CC(=O)N(C)C)CC1. The number of halogens is 2. The number of nitrogens with one attached hydrogen (secondary N) is 1. The molecule has 0 radical (unpaired) electrons. The van der Waals surface area contributed by atoms with Gasteiger partial charge in [0.1, 0.15) is 11.6 Å². The molecule has 1 atom stereocenters. The zero-order valence-electron chi connectivity index (χ0n) is 15.5. The first-order chi connectivity index (χ1) is 12.3. The van der Waals surface area contributed by atoms with Crippen LogP contribution < -0.4 is 5.32 Å². The summed E-state index contributed by atoms with van der Waals surface area (Å²) in [6.45, 7) is 4.95. The van der Waals surface area contributed by atoms with E-state index in [4.69, 9.17) is 0 Å². The molecule has 1 saturated heterocycles. The van der Waals surface area contributed by atoms with Crippen LogP contribution in [0, 0.1) is 11.6 Å². The predicted octanol–water partition coefficient (Wildman–Crippen LogP) is 1.39. The number of carbonyl (C=O) groups excluding carboxylic acids is 2. The zero-order chi connectivity index (χ0) is 19.3. The molecule has 2 amide bonds.